The van der Waals surface area contributed by atoms with Crippen molar-refractivity contribution in [2.75, 3.05) is 0 Å². The minimum atomic E-state index is 0.320. The highest BCUT2D eigenvalue weighted by Crippen LogP contribution is 2.44. The maximum Gasteiger partial charge on any atom is 0.0920 e. The largest absolute Gasteiger partial charge is 0.366 e. The average molecular weight is 140 g/mol. The Morgan fingerprint density at radius 2 is 2.00 bits per heavy atom. The first-order valence-corrected chi connectivity index (χ1v) is 4.49. The maximum atomic E-state index is 5.63. The van der Waals surface area contributed by atoms with Crippen molar-refractivity contribution < 1.29 is 4.74 Å². The van der Waals surface area contributed by atoms with Crippen molar-refractivity contribution in [3.05, 3.63) is 0 Å². The maximum absolute atomic E-state index is 5.63. The highest BCUT2D eigenvalue weighted by molar-refractivity contribution is 4.99. The zero-order chi connectivity index (χ0) is 7.03. The highest BCUT2D eigenvalue weighted by atomic mass is 16.6. The van der Waals surface area contributed by atoms with E-state index >= 15 is 0 Å². The van der Waals surface area contributed by atoms with Crippen LogP contribution in [0.3, 0.4) is 0 Å². The minimum Gasteiger partial charge on any atom is -0.366 e. The van der Waals surface area contributed by atoms with Crippen LogP contribution in [0.1, 0.15) is 45.4 Å². The normalized spacial score (nSPS) is 47.1. The summed E-state index contributed by atoms with van der Waals surface area (Å²) in [5.41, 5.74) is 0.320. The molecule has 1 heteroatoms. The Morgan fingerprint density at radius 1 is 1.20 bits per heavy atom. The molecule has 0 N–H and O–H groups in total. The van der Waals surface area contributed by atoms with Gasteiger partial charge in [0.05, 0.1) is 11.7 Å². The number of rotatable bonds is 0. The first-order chi connectivity index (χ1) is 4.81. The van der Waals surface area contributed by atoms with Gasteiger partial charge in [0, 0.05) is 0 Å². The van der Waals surface area contributed by atoms with Crippen LogP contribution in [0.4, 0.5) is 0 Å². The topological polar surface area (TPSA) is 12.5 Å². The van der Waals surface area contributed by atoms with Crippen LogP contribution in [-0.4, -0.2) is 11.7 Å². The van der Waals surface area contributed by atoms with E-state index in [0.29, 0.717) is 11.7 Å². The van der Waals surface area contributed by atoms with Gasteiger partial charge in [-0.15, -0.1) is 0 Å². The van der Waals surface area contributed by atoms with Crippen molar-refractivity contribution in [3.63, 3.8) is 0 Å². The SMILES string of the molecule is CC12CCCCCCC1O2. The van der Waals surface area contributed by atoms with Gasteiger partial charge >= 0.3 is 0 Å². The average Bonchev–Trinajstić information content (AvgIpc) is 2.44. The summed E-state index contributed by atoms with van der Waals surface area (Å²) in [5, 5.41) is 0. The number of ether oxygens (including phenoxy) is 1. The monoisotopic (exact) mass is 140 g/mol. The molecule has 1 saturated carbocycles. The Labute approximate surface area is 62.8 Å². The van der Waals surface area contributed by atoms with Crippen molar-refractivity contribution in [1.29, 1.82) is 0 Å². The van der Waals surface area contributed by atoms with Crippen LogP contribution >= 0.6 is 0 Å². The van der Waals surface area contributed by atoms with Gasteiger partial charge in [0.25, 0.3) is 0 Å². The number of hydrogen-bond donors (Lipinski definition) is 0. The third-order valence-corrected chi connectivity index (χ3v) is 2.92. The predicted octanol–water partition coefficient (Wildman–Crippen LogP) is 2.50. The van der Waals surface area contributed by atoms with Crippen molar-refractivity contribution in [2.45, 2.75) is 57.2 Å². The lowest BCUT2D eigenvalue weighted by molar-refractivity contribution is 0.293. The fourth-order valence-corrected chi connectivity index (χ4v) is 2.03. The zero-order valence-electron chi connectivity index (χ0n) is 6.73. The first kappa shape index (κ1) is 6.66. The molecule has 0 radical (unpaired) electrons. The van der Waals surface area contributed by atoms with Crippen molar-refractivity contribution in [3.8, 4) is 0 Å². The molecule has 1 aliphatic carbocycles. The molecule has 0 aromatic rings. The molecule has 2 fully saturated rings. The first-order valence-electron chi connectivity index (χ1n) is 4.49. The summed E-state index contributed by atoms with van der Waals surface area (Å²) in [7, 11) is 0. The van der Waals surface area contributed by atoms with E-state index in [4.69, 9.17) is 4.74 Å². The molecule has 0 spiro atoms. The predicted molar refractivity (Wildman–Crippen MR) is 41.0 cm³/mol. The molecule has 1 saturated heterocycles. The molecule has 1 nitrogen and oxygen atoms in total. The summed E-state index contributed by atoms with van der Waals surface area (Å²) < 4.78 is 5.63. The summed E-state index contributed by atoms with van der Waals surface area (Å²) in [5.74, 6) is 0. The van der Waals surface area contributed by atoms with Crippen LogP contribution in [0.25, 0.3) is 0 Å². The van der Waals surface area contributed by atoms with E-state index in [1.165, 1.54) is 38.5 Å². The molecule has 10 heavy (non-hydrogen) atoms. The fourth-order valence-electron chi connectivity index (χ4n) is 2.03. The lowest BCUT2D eigenvalue weighted by atomic mass is 9.93. The van der Waals surface area contributed by atoms with E-state index in [-0.39, 0.29) is 0 Å². The smallest absolute Gasteiger partial charge is 0.0920 e. The molecule has 1 heterocycles. The van der Waals surface area contributed by atoms with Crippen LogP contribution in [0.2, 0.25) is 0 Å². The second-order valence-electron chi connectivity index (χ2n) is 3.87. The Morgan fingerprint density at radius 3 is 2.90 bits per heavy atom. The number of hydrogen-bond acceptors (Lipinski definition) is 1. The molecule has 58 valence electrons. The lowest BCUT2D eigenvalue weighted by Gasteiger charge is -2.09. The minimum absolute atomic E-state index is 0.320. The third kappa shape index (κ3) is 1.07. The van der Waals surface area contributed by atoms with Crippen LogP contribution in [0, 0.1) is 0 Å². The van der Waals surface area contributed by atoms with Gasteiger partial charge < -0.3 is 4.74 Å². The van der Waals surface area contributed by atoms with Gasteiger partial charge in [-0.25, -0.2) is 0 Å². The van der Waals surface area contributed by atoms with Crippen molar-refractivity contribution >= 4 is 0 Å². The zero-order valence-corrected chi connectivity index (χ0v) is 6.73. The standard InChI is InChI=1S/C9H16O/c1-9-7-5-3-2-4-6-8(9)10-9/h8H,2-7H2,1H3. The molecule has 1 aliphatic heterocycles. The molecule has 2 rings (SSSR count). The quantitative estimate of drug-likeness (QED) is 0.471. The van der Waals surface area contributed by atoms with Crippen molar-refractivity contribution in [1.82, 2.24) is 0 Å². The molecular weight excluding hydrogens is 124 g/mol. The van der Waals surface area contributed by atoms with Crippen LogP contribution < -0.4 is 0 Å². The van der Waals surface area contributed by atoms with Crippen LogP contribution in [0.15, 0.2) is 0 Å². The second kappa shape index (κ2) is 2.23. The molecular formula is C9H16O. The Hall–Kier alpha value is -0.0400. The van der Waals surface area contributed by atoms with E-state index in [9.17, 15) is 0 Å². The Bertz CT molecular complexity index is 133. The van der Waals surface area contributed by atoms with Gasteiger partial charge in [0.2, 0.25) is 0 Å². The van der Waals surface area contributed by atoms with Crippen molar-refractivity contribution in [2.24, 2.45) is 0 Å². The Kier molecular flexibility index (Phi) is 1.48. The van der Waals surface area contributed by atoms with E-state index in [1.54, 1.807) is 0 Å². The highest BCUT2D eigenvalue weighted by Gasteiger charge is 2.50. The van der Waals surface area contributed by atoms with Gasteiger partial charge in [-0.2, -0.15) is 0 Å². The van der Waals surface area contributed by atoms with Crippen LogP contribution in [0.5, 0.6) is 0 Å². The van der Waals surface area contributed by atoms with Gasteiger partial charge in [0.15, 0.2) is 0 Å². The van der Waals surface area contributed by atoms with Gasteiger partial charge in [0.1, 0.15) is 0 Å². The van der Waals surface area contributed by atoms with Gasteiger partial charge in [-0.05, 0) is 19.8 Å². The molecule has 2 atom stereocenters. The number of epoxide rings is 1. The summed E-state index contributed by atoms with van der Waals surface area (Å²) in [6.07, 6.45) is 8.87. The molecule has 2 aliphatic rings. The van der Waals surface area contributed by atoms with Crippen LogP contribution in [-0.2, 0) is 4.74 Å². The van der Waals surface area contributed by atoms with E-state index in [2.05, 4.69) is 6.92 Å². The summed E-state index contributed by atoms with van der Waals surface area (Å²) >= 11 is 0. The van der Waals surface area contributed by atoms with Gasteiger partial charge in [-0.1, -0.05) is 25.7 Å². The fraction of sp³-hybridized carbons (Fsp3) is 1.00. The van der Waals surface area contributed by atoms with E-state index in [1.807, 2.05) is 0 Å². The van der Waals surface area contributed by atoms with Gasteiger partial charge in [-0.3, -0.25) is 0 Å². The molecule has 0 bridgehead atoms. The molecule has 0 amide bonds. The van der Waals surface area contributed by atoms with E-state index in [0.717, 1.165) is 0 Å². The summed E-state index contributed by atoms with van der Waals surface area (Å²) in [6, 6.07) is 0. The summed E-state index contributed by atoms with van der Waals surface area (Å²) in [4.78, 5) is 0. The molecule has 2 unspecified atom stereocenters. The molecule has 0 aromatic heterocycles. The molecule has 0 aromatic carbocycles. The second-order valence-corrected chi connectivity index (χ2v) is 3.87. The Balaban J connectivity index is 1.91. The summed E-state index contributed by atoms with van der Waals surface area (Å²) in [6.45, 7) is 2.27. The third-order valence-electron chi connectivity index (χ3n) is 2.92. The number of fused-ring (bicyclic) bond motifs is 1. The lowest BCUT2D eigenvalue weighted by Crippen LogP contribution is -2.11. The van der Waals surface area contributed by atoms with E-state index < -0.39 is 0 Å².